The third-order valence-corrected chi connectivity index (χ3v) is 14.5. The van der Waals surface area contributed by atoms with E-state index in [4.69, 9.17) is 18.9 Å². The van der Waals surface area contributed by atoms with Crippen molar-refractivity contribution in [3.05, 3.63) is 12.2 Å². The number of hydrogen-bond donors (Lipinski definition) is 9. The molecule has 4 unspecified atom stereocenters. The largest absolute Gasteiger partial charge is 0.394 e. The van der Waals surface area contributed by atoms with Gasteiger partial charge in [0, 0.05) is 6.42 Å². The summed E-state index contributed by atoms with van der Waals surface area (Å²) < 4.78 is 22.7. The molecule has 2 aliphatic heterocycles. The highest BCUT2D eigenvalue weighted by molar-refractivity contribution is 5.76. The fourth-order valence-corrected chi connectivity index (χ4v) is 9.76. The molecule has 0 radical (unpaired) electrons. The molecule has 14 heteroatoms. The predicted octanol–water partition coefficient (Wildman–Crippen LogP) is 9.11. The Morgan fingerprint density at radius 2 is 0.886 bits per heavy atom. The molecule has 2 aliphatic rings. The number of ether oxygens (including phenoxy) is 4. The van der Waals surface area contributed by atoms with Crippen LogP contribution in [0.25, 0.3) is 0 Å². The van der Waals surface area contributed by atoms with Crippen LogP contribution in [0.4, 0.5) is 0 Å². The van der Waals surface area contributed by atoms with Gasteiger partial charge in [-0.2, -0.15) is 0 Å². The molecule has 1 amide bonds. The summed E-state index contributed by atoms with van der Waals surface area (Å²) in [7, 11) is 0. The zero-order valence-electron chi connectivity index (χ0n) is 44.3. The van der Waals surface area contributed by atoms with Crippen LogP contribution >= 0.6 is 0 Å². The van der Waals surface area contributed by atoms with Crippen LogP contribution in [-0.4, -0.2) is 140 Å². The normalized spacial score (nSPS) is 26.0. The van der Waals surface area contributed by atoms with Crippen LogP contribution in [0.5, 0.6) is 0 Å². The Labute approximate surface area is 425 Å². The second-order valence-corrected chi connectivity index (χ2v) is 20.8. The minimum absolute atomic E-state index is 0.237. The smallest absolute Gasteiger partial charge is 0.220 e. The summed E-state index contributed by atoms with van der Waals surface area (Å²) in [5.74, 6) is -0.237. The van der Waals surface area contributed by atoms with Crippen molar-refractivity contribution in [2.45, 2.75) is 319 Å². The van der Waals surface area contributed by atoms with E-state index < -0.39 is 86.8 Å². The molecule has 2 heterocycles. The van der Waals surface area contributed by atoms with Crippen molar-refractivity contribution in [1.29, 1.82) is 0 Å². The Kier molecular flexibility index (Phi) is 39.9. The zero-order valence-corrected chi connectivity index (χ0v) is 44.3. The number of aliphatic hydroxyl groups is 8. The van der Waals surface area contributed by atoms with Crippen LogP contribution < -0.4 is 5.32 Å². The average molecular weight is 1000 g/mol. The average Bonchev–Trinajstić information content (AvgIpc) is 3.36. The predicted molar refractivity (Wildman–Crippen MR) is 277 cm³/mol. The maximum Gasteiger partial charge on any atom is 0.220 e. The Hall–Kier alpha value is -1.27. The highest BCUT2D eigenvalue weighted by atomic mass is 16.7. The molecular formula is C56H107NO13. The summed E-state index contributed by atoms with van der Waals surface area (Å²) in [5, 5.41) is 86.7. The summed E-state index contributed by atoms with van der Waals surface area (Å²) in [6.07, 6.45) is 31.5. The number of amides is 1. The fourth-order valence-electron chi connectivity index (χ4n) is 9.76. The van der Waals surface area contributed by atoms with Crippen molar-refractivity contribution >= 4 is 5.91 Å². The van der Waals surface area contributed by atoms with E-state index in [-0.39, 0.29) is 18.9 Å². The second-order valence-electron chi connectivity index (χ2n) is 20.8. The Bertz CT molecular complexity index is 1230. The van der Waals surface area contributed by atoms with E-state index in [1.165, 1.54) is 180 Å². The maximum atomic E-state index is 13.2. The summed E-state index contributed by atoms with van der Waals surface area (Å²) in [6.45, 7) is 2.78. The topological polar surface area (TPSA) is 228 Å². The van der Waals surface area contributed by atoms with Crippen molar-refractivity contribution < 1.29 is 64.6 Å². The molecule has 0 bridgehead atoms. The van der Waals surface area contributed by atoms with Crippen molar-refractivity contribution in [3.8, 4) is 0 Å². The van der Waals surface area contributed by atoms with Gasteiger partial charge >= 0.3 is 0 Å². The lowest BCUT2D eigenvalue weighted by Crippen LogP contribution is -2.65. The van der Waals surface area contributed by atoms with Crippen molar-refractivity contribution in [2.75, 3.05) is 19.8 Å². The minimum Gasteiger partial charge on any atom is -0.394 e. The summed E-state index contributed by atoms with van der Waals surface area (Å²) in [6, 6.07) is -0.907. The molecule has 2 rings (SSSR count). The first-order chi connectivity index (χ1) is 34.1. The van der Waals surface area contributed by atoms with Crippen LogP contribution in [0.15, 0.2) is 12.2 Å². The Morgan fingerprint density at radius 1 is 0.500 bits per heavy atom. The molecular weight excluding hydrogens is 895 g/mol. The van der Waals surface area contributed by atoms with Crippen LogP contribution in [-0.2, 0) is 23.7 Å². The molecule has 0 aliphatic carbocycles. The van der Waals surface area contributed by atoms with Crippen molar-refractivity contribution in [3.63, 3.8) is 0 Å². The van der Waals surface area contributed by atoms with E-state index in [0.29, 0.717) is 6.42 Å². The van der Waals surface area contributed by atoms with Gasteiger partial charge in [-0.1, -0.05) is 231 Å². The molecule has 12 atom stereocenters. The Balaban J connectivity index is 1.65. The quantitative estimate of drug-likeness (QED) is 0.0205. The maximum absolute atomic E-state index is 13.2. The number of hydrogen-bond acceptors (Lipinski definition) is 13. The van der Waals surface area contributed by atoms with Gasteiger partial charge in [-0.05, 0) is 19.3 Å². The number of allylic oxidation sites excluding steroid dienone is 1. The standard InChI is InChI=1S/C56H107NO13/c1-3-5-7-9-11-13-14-15-16-17-18-19-20-21-22-23-24-25-26-27-28-29-30-32-34-36-38-40-48(61)57-44(45(60)39-37-35-33-31-12-10-8-6-4-2)43-67-55-53(66)51(64)54(47(42-59)69-55)70-56-52(65)50(63)49(62)46(41-58)68-56/h37,39,44-47,49-56,58-60,62-66H,3-36,38,40-43H2,1-2H3,(H,57,61)/b39-37+/t44-,45+,46+,47+,49-,50?,51?,52?,53?,54+,55+,56-/m0/s1. The van der Waals surface area contributed by atoms with Gasteiger partial charge in [0.05, 0.1) is 32.0 Å². The molecule has 0 aromatic carbocycles. The molecule has 0 aromatic rings. The molecule has 9 N–H and O–H groups in total. The molecule has 414 valence electrons. The zero-order chi connectivity index (χ0) is 51.0. The van der Waals surface area contributed by atoms with Gasteiger partial charge in [0.25, 0.3) is 0 Å². The SMILES string of the molecule is CCCCCCCCC/C=C/[C@@H](O)[C@H](CO[C@@H]1O[C@H](CO)[C@@H](O[C@@H]2O[C@H](CO)[C@H](O)C(O)C2O)C(O)C1O)NC(=O)CCCCCCCCCCCCCCCCCCCCCCCCCCCCC. The third-order valence-electron chi connectivity index (χ3n) is 14.5. The van der Waals surface area contributed by atoms with Crippen LogP contribution in [0.3, 0.4) is 0 Å². The number of unbranched alkanes of at least 4 members (excludes halogenated alkanes) is 33. The van der Waals surface area contributed by atoms with Crippen molar-refractivity contribution in [2.24, 2.45) is 0 Å². The van der Waals surface area contributed by atoms with Crippen molar-refractivity contribution in [1.82, 2.24) is 5.32 Å². The van der Waals surface area contributed by atoms with Crippen LogP contribution in [0.2, 0.25) is 0 Å². The van der Waals surface area contributed by atoms with Gasteiger partial charge in [0.2, 0.25) is 5.91 Å². The number of rotatable bonds is 46. The third kappa shape index (κ3) is 29.0. The monoisotopic (exact) mass is 1000 g/mol. The summed E-state index contributed by atoms with van der Waals surface area (Å²) in [5.41, 5.74) is 0. The van der Waals surface area contributed by atoms with Crippen LogP contribution in [0.1, 0.15) is 245 Å². The van der Waals surface area contributed by atoms with Gasteiger partial charge in [0.1, 0.15) is 48.8 Å². The number of carbonyl (C=O) groups excluding carboxylic acids is 1. The van der Waals surface area contributed by atoms with E-state index in [1.54, 1.807) is 6.08 Å². The lowest BCUT2D eigenvalue weighted by atomic mass is 9.97. The van der Waals surface area contributed by atoms with E-state index in [9.17, 15) is 45.6 Å². The highest BCUT2D eigenvalue weighted by Gasteiger charge is 2.51. The van der Waals surface area contributed by atoms with E-state index >= 15 is 0 Å². The lowest BCUT2D eigenvalue weighted by Gasteiger charge is -2.46. The first-order valence-electron chi connectivity index (χ1n) is 28.9. The first kappa shape index (κ1) is 64.8. The summed E-state index contributed by atoms with van der Waals surface area (Å²) in [4.78, 5) is 13.2. The van der Waals surface area contributed by atoms with Gasteiger partial charge in [-0.15, -0.1) is 0 Å². The minimum atomic E-state index is -1.78. The lowest BCUT2D eigenvalue weighted by molar-refractivity contribution is -0.359. The Morgan fingerprint density at radius 3 is 1.31 bits per heavy atom. The van der Waals surface area contributed by atoms with Gasteiger partial charge in [0.15, 0.2) is 12.6 Å². The van der Waals surface area contributed by atoms with Gasteiger partial charge in [-0.25, -0.2) is 0 Å². The van der Waals surface area contributed by atoms with Gasteiger partial charge in [-0.3, -0.25) is 4.79 Å². The first-order valence-corrected chi connectivity index (χ1v) is 28.9. The number of carbonyl (C=O) groups is 1. The molecule has 0 spiro atoms. The molecule has 14 nitrogen and oxygen atoms in total. The molecule has 70 heavy (non-hydrogen) atoms. The van der Waals surface area contributed by atoms with Gasteiger partial charge < -0.3 is 65.1 Å². The van der Waals surface area contributed by atoms with E-state index in [2.05, 4.69) is 19.2 Å². The highest BCUT2D eigenvalue weighted by Crippen LogP contribution is 2.30. The van der Waals surface area contributed by atoms with E-state index in [1.807, 2.05) is 6.08 Å². The molecule has 0 aromatic heterocycles. The summed E-state index contributed by atoms with van der Waals surface area (Å²) >= 11 is 0. The fraction of sp³-hybridized carbons (Fsp3) is 0.946. The molecule has 2 fully saturated rings. The molecule has 2 saturated heterocycles. The number of aliphatic hydroxyl groups excluding tert-OH is 8. The molecule has 0 saturated carbocycles. The van der Waals surface area contributed by atoms with E-state index in [0.717, 1.165) is 38.5 Å². The number of nitrogens with one attached hydrogen (secondary N) is 1. The van der Waals surface area contributed by atoms with Crippen LogP contribution in [0, 0.1) is 0 Å². The second kappa shape index (κ2) is 43.0.